The van der Waals surface area contributed by atoms with Gasteiger partial charge in [0.15, 0.2) is 5.78 Å². The van der Waals surface area contributed by atoms with Crippen molar-refractivity contribution in [1.82, 2.24) is 0 Å². The van der Waals surface area contributed by atoms with Crippen LogP contribution in [0.5, 0.6) is 0 Å². The zero-order valence-corrected chi connectivity index (χ0v) is 31.3. The molecule has 11 heteroatoms. The van der Waals surface area contributed by atoms with E-state index in [0.29, 0.717) is 0 Å². The number of nitrogens with two attached hydrogens (primary N) is 1. The maximum absolute atomic E-state index is 11.1. The second kappa shape index (κ2) is 32.5. The van der Waals surface area contributed by atoms with Crippen molar-refractivity contribution in [3.63, 3.8) is 0 Å². The Kier molecular flexibility index (Phi) is 85.7. The zero-order valence-electron chi connectivity index (χ0n) is 11.5. The molecule has 91 valence electrons. The Hall–Kier alpha value is 6.83. The molecule has 0 spiro atoms. The van der Waals surface area contributed by atoms with E-state index in [9.17, 15) is 9.59 Å². The zero-order chi connectivity index (χ0) is 9.72. The first-order chi connectivity index (χ1) is 5.45. The Morgan fingerprint density at radius 1 is 0.947 bits per heavy atom. The van der Waals surface area contributed by atoms with Crippen LogP contribution in [0.15, 0.2) is 0 Å². The third kappa shape index (κ3) is 32.9. The average Bonchev–Trinajstić information content (AvgIpc) is 1.98. The van der Waals surface area contributed by atoms with E-state index in [1.807, 2.05) is 0 Å². The summed E-state index contributed by atoms with van der Waals surface area (Å²) in [5, 5.41) is 8.32. The van der Waals surface area contributed by atoms with Crippen LogP contribution in [-0.2, 0) is 239 Å². The van der Waals surface area contributed by atoms with Crippen molar-refractivity contribution >= 4 is 11.8 Å². The Morgan fingerprint density at radius 2 is 1.26 bits per heavy atom. The number of aliphatic carboxylic acids is 1. The maximum Gasteiger partial charge on any atom is 0.303 e. The Bertz CT molecular complexity index is 195. The van der Waals surface area contributed by atoms with Crippen molar-refractivity contribution in [3.8, 4) is 0 Å². The fraction of sp³-hybridized carbons (Fsp3) is 0.750. The van der Waals surface area contributed by atoms with Crippen molar-refractivity contribution in [2.24, 2.45) is 11.7 Å². The van der Waals surface area contributed by atoms with Crippen LogP contribution < -0.4 is 5.73 Å². The first kappa shape index (κ1) is 50.1. The number of Topliss-reactive ketones (excluding diaryl/α,β-unsaturated/α-hetero) is 1. The SMILES string of the molecule is CC(C)C(=O)[C@@H](N)CCC(=O)O.[Y].[Y].[Y].[Y].[Y].[Y].[Y]. The monoisotopic (exact) mass is 795 g/mol. The average molecular weight is 796 g/mol. The quantitative estimate of drug-likeness (QED) is 0.423. The Morgan fingerprint density at radius 3 is 1.47 bits per heavy atom. The standard InChI is InChI=1S/C8H15NO3.7Y/c1-5(2)8(12)6(9)3-4-7(10)11;;;;;;;/h5-6H,3-4,9H2,1-2H3,(H,10,11);;;;;;;/t6-;;;;;;;/m0......./s1. The van der Waals surface area contributed by atoms with E-state index in [2.05, 4.69) is 0 Å². The van der Waals surface area contributed by atoms with Crippen molar-refractivity contribution < 1.29 is 244 Å². The van der Waals surface area contributed by atoms with Gasteiger partial charge in [0.1, 0.15) is 0 Å². The number of hydrogen-bond acceptors (Lipinski definition) is 3. The van der Waals surface area contributed by atoms with Crippen LogP contribution in [0.2, 0.25) is 0 Å². The summed E-state index contributed by atoms with van der Waals surface area (Å²) in [5.74, 6) is -1.10. The molecule has 0 aromatic carbocycles. The Balaban J connectivity index is -0.0000000288. The molecule has 0 saturated carbocycles. The third-order valence-electron chi connectivity index (χ3n) is 1.60. The van der Waals surface area contributed by atoms with Gasteiger partial charge in [0, 0.05) is 241 Å². The molecule has 19 heavy (non-hydrogen) atoms. The molecule has 1 atom stereocenters. The molecule has 0 bridgehead atoms. The molecule has 0 heterocycles. The molecular formula is C8H15NO3Y7. The molecule has 0 aromatic rings. The van der Waals surface area contributed by atoms with Crippen LogP contribution in [0.3, 0.4) is 0 Å². The van der Waals surface area contributed by atoms with Crippen LogP contribution in [0.25, 0.3) is 0 Å². The smallest absolute Gasteiger partial charge is 0.303 e. The van der Waals surface area contributed by atoms with Gasteiger partial charge in [-0.05, 0) is 6.42 Å². The van der Waals surface area contributed by atoms with Crippen LogP contribution in [-0.4, -0.2) is 22.9 Å². The van der Waals surface area contributed by atoms with Gasteiger partial charge in [-0.25, -0.2) is 0 Å². The van der Waals surface area contributed by atoms with E-state index in [4.69, 9.17) is 10.8 Å². The predicted molar refractivity (Wildman–Crippen MR) is 44.7 cm³/mol. The molecule has 0 aliphatic carbocycles. The minimum Gasteiger partial charge on any atom is -0.481 e. The predicted octanol–water partition coefficient (Wildman–Crippen LogP) is 0.386. The van der Waals surface area contributed by atoms with Crippen molar-refractivity contribution in [3.05, 3.63) is 0 Å². The van der Waals surface area contributed by atoms with Gasteiger partial charge in [0.25, 0.3) is 0 Å². The van der Waals surface area contributed by atoms with Crippen LogP contribution >= 0.6 is 0 Å². The van der Waals surface area contributed by atoms with Crippen LogP contribution in [0.1, 0.15) is 26.7 Å². The molecule has 3 N–H and O–H groups in total. The molecule has 0 rings (SSSR count). The van der Waals surface area contributed by atoms with E-state index >= 15 is 0 Å². The van der Waals surface area contributed by atoms with Gasteiger partial charge in [-0.1, -0.05) is 13.8 Å². The Labute approximate surface area is 291 Å². The third-order valence-corrected chi connectivity index (χ3v) is 1.60. The molecule has 0 aliphatic heterocycles. The van der Waals surface area contributed by atoms with Crippen molar-refractivity contribution in [2.75, 3.05) is 0 Å². The van der Waals surface area contributed by atoms with E-state index in [-0.39, 0.29) is 254 Å². The first-order valence-corrected chi connectivity index (χ1v) is 3.96. The number of ketones is 1. The number of rotatable bonds is 5. The number of carboxylic acids is 1. The molecule has 7 radical (unpaired) electrons. The normalized spacial score (nSPS) is 8.21. The molecule has 0 saturated heterocycles. The summed E-state index contributed by atoms with van der Waals surface area (Å²) >= 11 is 0. The fourth-order valence-corrected chi connectivity index (χ4v) is 0.849. The molecule has 4 nitrogen and oxygen atoms in total. The fourth-order valence-electron chi connectivity index (χ4n) is 0.849. The van der Waals surface area contributed by atoms with E-state index in [1.54, 1.807) is 13.8 Å². The van der Waals surface area contributed by atoms with Crippen LogP contribution in [0, 0.1) is 5.92 Å². The summed E-state index contributed by atoms with van der Waals surface area (Å²) in [5.41, 5.74) is 5.45. The molecule has 0 aliphatic rings. The van der Waals surface area contributed by atoms with Gasteiger partial charge in [-0.3, -0.25) is 9.59 Å². The molecule has 0 aromatic heterocycles. The number of carbonyl (C=O) groups excluding carboxylic acids is 1. The van der Waals surface area contributed by atoms with Gasteiger partial charge in [0.05, 0.1) is 6.04 Å². The summed E-state index contributed by atoms with van der Waals surface area (Å²) in [4.78, 5) is 21.3. The topological polar surface area (TPSA) is 80.4 Å². The molecule has 0 amide bonds. The minimum absolute atomic E-state index is 0. The number of carboxylic acid groups (broad SMARTS) is 1. The van der Waals surface area contributed by atoms with Crippen molar-refractivity contribution in [2.45, 2.75) is 32.7 Å². The van der Waals surface area contributed by atoms with Crippen molar-refractivity contribution in [1.29, 1.82) is 0 Å². The van der Waals surface area contributed by atoms with Gasteiger partial charge >= 0.3 is 5.97 Å². The maximum atomic E-state index is 11.1. The minimum atomic E-state index is -0.915. The summed E-state index contributed by atoms with van der Waals surface area (Å²) in [7, 11) is 0. The first-order valence-electron chi connectivity index (χ1n) is 3.96. The number of carbonyl (C=O) groups is 2. The van der Waals surface area contributed by atoms with Gasteiger partial charge in [-0.2, -0.15) is 0 Å². The summed E-state index contributed by atoms with van der Waals surface area (Å²) < 4.78 is 0. The summed E-state index contributed by atoms with van der Waals surface area (Å²) in [6.07, 6.45) is 0.186. The second-order valence-corrected chi connectivity index (χ2v) is 3.10. The molecular weight excluding hydrogens is 780 g/mol. The second-order valence-electron chi connectivity index (χ2n) is 3.10. The largest absolute Gasteiger partial charge is 0.481 e. The molecule has 0 fully saturated rings. The summed E-state index contributed by atoms with van der Waals surface area (Å²) in [6.45, 7) is 3.51. The van der Waals surface area contributed by atoms with Gasteiger partial charge < -0.3 is 10.8 Å². The van der Waals surface area contributed by atoms with E-state index in [1.165, 1.54) is 0 Å². The molecule has 0 unspecified atom stereocenters. The van der Waals surface area contributed by atoms with Gasteiger partial charge in [0.2, 0.25) is 0 Å². The van der Waals surface area contributed by atoms with E-state index < -0.39 is 12.0 Å². The summed E-state index contributed by atoms with van der Waals surface area (Å²) in [6, 6.07) is -0.624. The number of hydrogen-bond donors (Lipinski definition) is 2. The van der Waals surface area contributed by atoms with Crippen LogP contribution in [0.4, 0.5) is 0 Å². The van der Waals surface area contributed by atoms with Gasteiger partial charge in [-0.15, -0.1) is 0 Å². The van der Waals surface area contributed by atoms with E-state index in [0.717, 1.165) is 0 Å².